The van der Waals surface area contributed by atoms with Gasteiger partial charge in [0.15, 0.2) is 0 Å². The zero-order chi connectivity index (χ0) is 13.0. The summed E-state index contributed by atoms with van der Waals surface area (Å²) in [4.78, 5) is 0.921. The van der Waals surface area contributed by atoms with Gasteiger partial charge < -0.3 is 5.11 Å². The van der Waals surface area contributed by atoms with Crippen molar-refractivity contribution in [2.75, 3.05) is 0 Å². The van der Waals surface area contributed by atoms with Crippen LogP contribution in [0.15, 0.2) is 47.4 Å². The summed E-state index contributed by atoms with van der Waals surface area (Å²) in [6.07, 6.45) is 3.08. The molecule has 0 saturated heterocycles. The molecule has 0 atom stereocenters. The van der Waals surface area contributed by atoms with Crippen LogP contribution in [0.3, 0.4) is 0 Å². The van der Waals surface area contributed by atoms with Crippen LogP contribution in [0.5, 0.6) is 5.75 Å². The summed E-state index contributed by atoms with van der Waals surface area (Å²) in [6, 6.07) is 13.7. The largest absolute Gasteiger partial charge is 0.508 e. The van der Waals surface area contributed by atoms with Crippen LogP contribution in [-0.2, 0) is 6.42 Å². The van der Waals surface area contributed by atoms with E-state index in [1.165, 1.54) is 0 Å². The molecule has 0 aliphatic rings. The molecule has 0 aliphatic heterocycles. The molecule has 1 N–H and O–H groups in total. The van der Waals surface area contributed by atoms with E-state index < -0.39 is 0 Å². The lowest BCUT2D eigenvalue weighted by atomic mass is 9.95. The van der Waals surface area contributed by atoms with Crippen LogP contribution in [0, 0.1) is 0 Å². The Balaban J connectivity index is 2.53. The average molecular weight is 258 g/mol. The zero-order valence-corrected chi connectivity index (χ0v) is 11.5. The zero-order valence-electron chi connectivity index (χ0n) is 10.6. The SMILES string of the molecule is CCCCc1c(O)ccc(S)c1-c1ccccc1. The highest BCUT2D eigenvalue weighted by molar-refractivity contribution is 7.80. The molecular formula is C16H18OS. The lowest BCUT2D eigenvalue weighted by Gasteiger charge is -2.14. The van der Waals surface area contributed by atoms with Crippen molar-refractivity contribution in [2.45, 2.75) is 31.1 Å². The van der Waals surface area contributed by atoms with Gasteiger partial charge in [-0.1, -0.05) is 43.7 Å². The quantitative estimate of drug-likeness (QED) is 0.762. The van der Waals surface area contributed by atoms with Gasteiger partial charge in [0.25, 0.3) is 0 Å². The van der Waals surface area contributed by atoms with Crippen LogP contribution >= 0.6 is 12.6 Å². The highest BCUT2D eigenvalue weighted by atomic mass is 32.1. The van der Waals surface area contributed by atoms with Crippen molar-refractivity contribution in [3.63, 3.8) is 0 Å². The summed E-state index contributed by atoms with van der Waals surface area (Å²) < 4.78 is 0. The van der Waals surface area contributed by atoms with Gasteiger partial charge in [-0.15, -0.1) is 12.6 Å². The Morgan fingerprint density at radius 3 is 2.44 bits per heavy atom. The normalized spacial score (nSPS) is 10.6. The summed E-state index contributed by atoms with van der Waals surface area (Å²) >= 11 is 4.54. The van der Waals surface area contributed by atoms with Gasteiger partial charge in [-0.05, 0) is 30.5 Å². The Kier molecular flexibility index (Phi) is 4.32. The number of phenolic OH excluding ortho intramolecular Hbond substituents is 1. The fraction of sp³-hybridized carbons (Fsp3) is 0.250. The van der Waals surface area contributed by atoms with Crippen molar-refractivity contribution in [2.24, 2.45) is 0 Å². The minimum absolute atomic E-state index is 0.375. The Morgan fingerprint density at radius 2 is 1.78 bits per heavy atom. The maximum Gasteiger partial charge on any atom is 0.119 e. The van der Waals surface area contributed by atoms with Gasteiger partial charge in [0.05, 0.1) is 0 Å². The summed E-state index contributed by atoms with van der Waals surface area (Å²) in [6.45, 7) is 2.16. The molecule has 0 aromatic heterocycles. The molecule has 0 radical (unpaired) electrons. The second-order valence-electron chi connectivity index (χ2n) is 4.43. The topological polar surface area (TPSA) is 20.2 Å². The van der Waals surface area contributed by atoms with Crippen LogP contribution in [0.25, 0.3) is 11.1 Å². The molecule has 2 aromatic carbocycles. The molecule has 0 aliphatic carbocycles. The van der Waals surface area contributed by atoms with Gasteiger partial charge in [0.1, 0.15) is 5.75 Å². The van der Waals surface area contributed by atoms with Crippen molar-refractivity contribution in [3.8, 4) is 16.9 Å². The molecule has 0 fully saturated rings. The van der Waals surface area contributed by atoms with E-state index in [1.54, 1.807) is 6.07 Å². The number of benzene rings is 2. The molecule has 0 amide bonds. The number of hydrogen-bond donors (Lipinski definition) is 2. The van der Waals surface area contributed by atoms with Crippen molar-refractivity contribution in [1.29, 1.82) is 0 Å². The first-order valence-corrected chi connectivity index (χ1v) is 6.78. The van der Waals surface area contributed by atoms with Crippen LogP contribution in [0.4, 0.5) is 0 Å². The molecule has 0 spiro atoms. The molecule has 0 heterocycles. The minimum Gasteiger partial charge on any atom is -0.508 e. The van der Waals surface area contributed by atoms with E-state index >= 15 is 0 Å². The van der Waals surface area contributed by atoms with E-state index in [2.05, 4.69) is 31.7 Å². The second kappa shape index (κ2) is 5.96. The predicted octanol–water partition coefficient (Wildman–Crippen LogP) is 4.69. The third kappa shape index (κ3) is 2.70. The smallest absolute Gasteiger partial charge is 0.119 e. The highest BCUT2D eigenvalue weighted by Crippen LogP contribution is 2.36. The van der Waals surface area contributed by atoms with Crippen molar-refractivity contribution < 1.29 is 5.11 Å². The number of unbranched alkanes of at least 4 members (excludes halogenated alkanes) is 1. The van der Waals surface area contributed by atoms with Gasteiger partial charge in [-0.3, -0.25) is 0 Å². The standard InChI is InChI=1S/C16H18OS/c1-2-3-9-13-14(17)10-11-15(18)16(13)12-7-5-4-6-8-12/h4-8,10-11,17-18H,2-3,9H2,1H3. The Labute approximate surface area is 114 Å². The number of phenols is 1. The molecule has 2 aromatic rings. The molecule has 1 nitrogen and oxygen atoms in total. The Bertz CT molecular complexity index is 520. The number of rotatable bonds is 4. The maximum absolute atomic E-state index is 10.1. The van der Waals surface area contributed by atoms with E-state index in [-0.39, 0.29) is 0 Å². The van der Waals surface area contributed by atoms with E-state index in [9.17, 15) is 5.11 Å². The monoisotopic (exact) mass is 258 g/mol. The van der Waals surface area contributed by atoms with Gasteiger partial charge in [-0.2, -0.15) is 0 Å². The van der Waals surface area contributed by atoms with E-state index in [1.807, 2.05) is 24.3 Å². The van der Waals surface area contributed by atoms with Crippen LogP contribution in [0.2, 0.25) is 0 Å². The van der Waals surface area contributed by atoms with Crippen molar-refractivity contribution in [3.05, 3.63) is 48.0 Å². The molecule has 0 saturated carbocycles. The summed E-state index contributed by atoms with van der Waals surface area (Å²) in [7, 11) is 0. The molecule has 18 heavy (non-hydrogen) atoms. The van der Waals surface area contributed by atoms with Gasteiger partial charge in [0, 0.05) is 16.0 Å². The molecule has 2 rings (SSSR count). The maximum atomic E-state index is 10.1. The Hall–Kier alpha value is -1.41. The first-order valence-electron chi connectivity index (χ1n) is 6.33. The van der Waals surface area contributed by atoms with Crippen LogP contribution < -0.4 is 0 Å². The average Bonchev–Trinajstić information content (AvgIpc) is 2.40. The number of thiol groups is 1. The fourth-order valence-corrected chi connectivity index (χ4v) is 2.50. The summed E-state index contributed by atoms with van der Waals surface area (Å²) in [5.74, 6) is 0.375. The van der Waals surface area contributed by atoms with Gasteiger partial charge in [-0.25, -0.2) is 0 Å². The summed E-state index contributed by atoms with van der Waals surface area (Å²) in [5, 5.41) is 10.1. The van der Waals surface area contributed by atoms with Crippen molar-refractivity contribution >= 4 is 12.6 Å². The van der Waals surface area contributed by atoms with Crippen LogP contribution in [-0.4, -0.2) is 5.11 Å². The third-order valence-corrected chi connectivity index (χ3v) is 3.48. The molecular weight excluding hydrogens is 240 g/mol. The lowest BCUT2D eigenvalue weighted by Crippen LogP contribution is -1.93. The predicted molar refractivity (Wildman–Crippen MR) is 79.4 cm³/mol. The van der Waals surface area contributed by atoms with Crippen LogP contribution in [0.1, 0.15) is 25.3 Å². The van der Waals surface area contributed by atoms with E-state index in [0.717, 1.165) is 40.8 Å². The van der Waals surface area contributed by atoms with Gasteiger partial charge in [0.2, 0.25) is 0 Å². The molecule has 0 bridgehead atoms. The number of aromatic hydroxyl groups is 1. The third-order valence-electron chi connectivity index (χ3n) is 3.11. The highest BCUT2D eigenvalue weighted by Gasteiger charge is 2.12. The fourth-order valence-electron chi connectivity index (χ4n) is 2.16. The van der Waals surface area contributed by atoms with E-state index in [4.69, 9.17) is 0 Å². The molecule has 0 unspecified atom stereocenters. The van der Waals surface area contributed by atoms with E-state index in [0.29, 0.717) is 5.75 Å². The minimum atomic E-state index is 0.375. The molecule has 94 valence electrons. The Morgan fingerprint density at radius 1 is 1.06 bits per heavy atom. The van der Waals surface area contributed by atoms with Crippen molar-refractivity contribution in [1.82, 2.24) is 0 Å². The first kappa shape index (κ1) is 13.0. The second-order valence-corrected chi connectivity index (χ2v) is 4.91. The lowest BCUT2D eigenvalue weighted by molar-refractivity contribution is 0.467. The first-order chi connectivity index (χ1) is 8.74. The number of hydrogen-bond acceptors (Lipinski definition) is 2. The van der Waals surface area contributed by atoms with Gasteiger partial charge >= 0.3 is 0 Å². The summed E-state index contributed by atoms with van der Waals surface area (Å²) in [5.41, 5.74) is 3.19. The molecule has 2 heteroatoms.